The minimum absolute atomic E-state index is 0.170. The van der Waals surface area contributed by atoms with E-state index in [2.05, 4.69) is 17.4 Å². The molecule has 1 N–H and O–H groups in total. The molecule has 116 valence electrons. The van der Waals surface area contributed by atoms with E-state index in [1.54, 1.807) is 12.1 Å². The summed E-state index contributed by atoms with van der Waals surface area (Å²) in [5.41, 5.74) is 2.83. The van der Waals surface area contributed by atoms with Gasteiger partial charge in [-0.2, -0.15) is 13.2 Å². The highest BCUT2D eigenvalue weighted by atomic mass is 19.4. The molecular formula is C18H18F3N. The van der Waals surface area contributed by atoms with Crippen LogP contribution >= 0.6 is 0 Å². The van der Waals surface area contributed by atoms with Crippen LogP contribution in [0.3, 0.4) is 0 Å². The Balaban J connectivity index is 1.96. The molecule has 0 fully saturated rings. The van der Waals surface area contributed by atoms with E-state index in [-0.39, 0.29) is 5.92 Å². The van der Waals surface area contributed by atoms with Crippen molar-refractivity contribution in [2.75, 3.05) is 7.05 Å². The van der Waals surface area contributed by atoms with Gasteiger partial charge in [-0.15, -0.1) is 0 Å². The van der Waals surface area contributed by atoms with Gasteiger partial charge in [0.1, 0.15) is 0 Å². The van der Waals surface area contributed by atoms with Crippen molar-refractivity contribution in [2.45, 2.75) is 31.0 Å². The highest BCUT2D eigenvalue weighted by Gasteiger charge is 2.31. The summed E-state index contributed by atoms with van der Waals surface area (Å²) in [4.78, 5) is 0. The quantitative estimate of drug-likeness (QED) is 0.833. The molecule has 2 atom stereocenters. The maximum Gasteiger partial charge on any atom is 0.416 e. The Bertz CT molecular complexity index is 646. The Kier molecular flexibility index (Phi) is 3.96. The van der Waals surface area contributed by atoms with Crippen molar-refractivity contribution in [3.63, 3.8) is 0 Å². The molecule has 2 aromatic rings. The molecule has 0 aliphatic heterocycles. The van der Waals surface area contributed by atoms with Gasteiger partial charge in [0, 0.05) is 12.0 Å². The number of benzene rings is 2. The van der Waals surface area contributed by atoms with Crippen LogP contribution in [0.4, 0.5) is 13.2 Å². The van der Waals surface area contributed by atoms with Crippen molar-refractivity contribution < 1.29 is 13.2 Å². The molecule has 1 aliphatic carbocycles. The fraction of sp³-hybridized carbons (Fsp3) is 0.333. The Labute approximate surface area is 128 Å². The Hall–Kier alpha value is -1.81. The normalized spacial score (nSPS) is 21.5. The van der Waals surface area contributed by atoms with Gasteiger partial charge >= 0.3 is 6.18 Å². The molecule has 3 rings (SSSR count). The minimum atomic E-state index is -4.28. The van der Waals surface area contributed by atoms with E-state index < -0.39 is 11.7 Å². The van der Waals surface area contributed by atoms with E-state index in [1.165, 1.54) is 23.3 Å². The van der Waals surface area contributed by atoms with Gasteiger partial charge in [0.2, 0.25) is 0 Å². The Morgan fingerprint density at radius 2 is 1.55 bits per heavy atom. The predicted octanol–water partition coefficient (Wildman–Crippen LogP) is 4.89. The number of rotatable bonds is 2. The van der Waals surface area contributed by atoms with E-state index >= 15 is 0 Å². The lowest BCUT2D eigenvalue weighted by Gasteiger charge is -2.32. The summed E-state index contributed by atoms with van der Waals surface area (Å²) < 4.78 is 38.1. The van der Waals surface area contributed by atoms with Crippen molar-refractivity contribution in [3.8, 4) is 0 Å². The molecule has 1 nitrogen and oxygen atoms in total. The summed E-state index contributed by atoms with van der Waals surface area (Å²) in [5.74, 6) is 0.170. The molecule has 4 heteroatoms. The molecular weight excluding hydrogens is 287 g/mol. The average molecular weight is 305 g/mol. The third-order valence-corrected chi connectivity index (χ3v) is 4.48. The summed E-state index contributed by atoms with van der Waals surface area (Å²) in [6, 6.07) is 14.1. The number of alkyl halides is 3. The molecule has 0 amide bonds. The van der Waals surface area contributed by atoms with Gasteiger partial charge in [-0.05, 0) is 48.7 Å². The standard InChI is InChI=1S/C18H18F3N/c1-22-17-11-10-14(15-4-2-3-5-16(15)17)12-6-8-13(9-7-12)18(19,20)21/h2-9,14,17,22H,10-11H2,1H3/t14-,17+/m0/s1. The molecule has 0 unspecified atom stereocenters. The van der Waals surface area contributed by atoms with Crippen LogP contribution in [-0.2, 0) is 6.18 Å². The van der Waals surface area contributed by atoms with Gasteiger partial charge < -0.3 is 5.32 Å². The molecule has 0 saturated heterocycles. The number of nitrogens with one attached hydrogen (secondary N) is 1. The van der Waals surface area contributed by atoms with E-state index in [0.29, 0.717) is 6.04 Å². The summed E-state index contributed by atoms with van der Waals surface area (Å²) >= 11 is 0. The third-order valence-electron chi connectivity index (χ3n) is 4.48. The first-order valence-electron chi connectivity index (χ1n) is 7.44. The highest BCUT2D eigenvalue weighted by molar-refractivity contribution is 5.42. The topological polar surface area (TPSA) is 12.0 Å². The lowest BCUT2D eigenvalue weighted by molar-refractivity contribution is -0.137. The number of hydrogen-bond donors (Lipinski definition) is 1. The average Bonchev–Trinajstić information content (AvgIpc) is 2.53. The zero-order chi connectivity index (χ0) is 15.7. The van der Waals surface area contributed by atoms with Gasteiger partial charge in [0.05, 0.1) is 5.56 Å². The second-order valence-corrected chi connectivity index (χ2v) is 5.72. The molecule has 1 aliphatic rings. The first kappa shape index (κ1) is 15.1. The maximum atomic E-state index is 12.7. The molecule has 0 saturated carbocycles. The van der Waals surface area contributed by atoms with Gasteiger partial charge in [-0.3, -0.25) is 0 Å². The SMILES string of the molecule is CN[C@@H]1CC[C@@H](c2ccc(C(F)(F)F)cc2)c2ccccc21. The van der Waals surface area contributed by atoms with Crippen LogP contribution < -0.4 is 5.32 Å². The number of fused-ring (bicyclic) bond motifs is 1. The lowest BCUT2D eigenvalue weighted by Crippen LogP contribution is -2.24. The molecule has 22 heavy (non-hydrogen) atoms. The summed E-state index contributed by atoms with van der Waals surface area (Å²) in [5, 5.41) is 3.31. The fourth-order valence-electron chi connectivity index (χ4n) is 3.34. The monoisotopic (exact) mass is 305 g/mol. The van der Waals surface area contributed by atoms with Crippen LogP contribution in [0.15, 0.2) is 48.5 Å². The second-order valence-electron chi connectivity index (χ2n) is 5.72. The fourth-order valence-corrected chi connectivity index (χ4v) is 3.34. The van der Waals surface area contributed by atoms with Crippen molar-refractivity contribution in [2.24, 2.45) is 0 Å². The zero-order valence-corrected chi connectivity index (χ0v) is 12.3. The molecule has 0 aromatic heterocycles. The van der Waals surface area contributed by atoms with Crippen LogP contribution in [0, 0.1) is 0 Å². The Morgan fingerprint density at radius 1 is 0.909 bits per heavy atom. The van der Waals surface area contributed by atoms with Gasteiger partial charge in [0.25, 0.3) is 0 Å². The van der Waals surface area contributed by atoms with Gasteiger partial charge in [-0.1, -0.05) is 36.4 Å². The summed E-state index contributed by atoms with van der Waals surface area (Å²) in [6.07, 6.45) is -2.35. The van der Waals surface area contributed by atoms with Crippen molar-refractivity contribution in [3.05, 3.63) is 70.8 Å². The third kappa shape index (κ3) is 2.75. The maximum absolute atomic E-state index is 12.7. The number of halogens is 3. The summed E-state index contributed by atoms with van der Waals surface area (Å²) in [6.45, 7) is 0. The highest BCUT2D eigenvalue weighted by Crippen LogP contribution is 2.41. The number of hydrogen-bond acceptors (Lipinski definition) is 1. The van der Waals surface area contributed by atoms with Crippen LogP contribution in [0.5, 0.6) is 0 Å². The van der Waals surface area contributed by atoms with Crippen molar-refractivity contribution in [1.29, 1.82) is 0 Å². The first-order chi connectivity index (χ1) is 10.5. The van der Waals surface area contributed by atoms with Crippen molar-refractivity contribution in [1.82, 2.24) is 5.32 Å². The Morgan fingerprint density at radius 3 is 2.14 bits per heavy atom. The first-order valence-corrected chi connectivity index (χ1v) is 7.44. The molecule has 0 radical (unpaired) electrons. The lowest BCUT2D eigenvalue weighted by atomic mass is 9.76. The van der Waals surface area contributed by atoms with E-state index in [4.69, 9.17) is 0 Å². The second kappa shape index (κ2) is 5.76. The molecule has 0 heterocycles. The smallest absolute Gasteiger partial charge is 0.313 e. The van der Waals surface area contributed by atoms with Crippen LogP contribution in [0.2, 0.25) is 0 Å². The molecule has 2 aromatic carbocycles. The van der Waals surface area contributed by atoms with Crippen LogP contribution in [-0.4, -0.2) is 7.05 Å². The van der Waals surface area contributed by atoms with E-state index in [9.17, 15) is 13.2 Å². The van der Waals surface area contributed by atoms with Gasteiger partial charge in [0.15, 0.2) is 0 Å². The van der Waals surface area contributed by atoms with Gasteiger partial charge in [-0.25, -0.2) is 0 Å². The molecule has 0 bridgehead atoms. The van der Waals surface area contributed by atoms with Crippen molar-refractivity contribution >= 4 is 0 Å². The minimum Gasteiger partial charge on any atom is -0.313 e. The van der Waals surface area contributed by atoms with E-state index in [0.717, 1.165) is 18.4 Å². The summed E-state index contributed by atoms with van der Waals surface area (Å²) in [7, 11) is 1.94. The van der Waals surface area contributed by atoms with E-state index in [1.807, 2.05) is 19.2 Å². The largest absolute Gasteiger partial charge is 0.416 e. The van der Waals surface area contributed by atoms with Crippen LogP contribution in [0.1, 0.15) is 47.1 Å². The zero-order valence-electron chi connectivity index (χ0n) is 12.3. The van der Waals surface area contributed by atoms with Crippen LogP contribution in [0.25, 0.3) is 0 Å². The molecule has 0 spiro atoms. The predicted molar refractivity (Wildman–Crippen MR) is 80.8 cm³/mol.